The van der Waals surface area contributed by atoms with Crippen LogP contribution in [0.2, 0.25) is 0 Å². The molecule has 0 unspecified atom stereocenters. The predicted octanol–water partition coefficient (Wildman–Crippen LogP) is 2.36. The smallest absolute Gasteiger partial charge is 0.244 e. The quantitative estimate of drug-likeness (QED) is 0.799. The number of sulfonamides is 1. The number of nitrogens with zero attached hydrogens (tertiary/aromatic N) is 1. The molecule has 0 bridgehead atoms. The van der Waals surface area contributed by atoms with Gasteiger partial charge in [-0.3, -0.25) is 0 Å². The van der Waals surface area contributed by atoms with E-state index in [4.69, 9.17) is 5.73 Å². The highest BCUT2D eigenvalue weighted by molar-refractivity contribution is 9.11. The van der Waals surface area contributed by atoms with Crippen molar-refractivity contribution >= 4 is 54.3 Å². The lowest BCUT2D eigenvalue weighted by Crippen LogP contribution is -2.32. The van der Waals surface area contributed by atoms with Crippen LogP contribution >= 0.6 is 44.3 Å². The molecular formula is C10H13Br2ClN2O2S. The Labute approximate surface area is 130 Å². The third kappa shape index (κ3) is 3.26. The van der Waals surface area contributed by atoms with Crippen molar-refractivity contribution in [3.8, 4) is 0 Å². The molecule has 0 saturated carbocycles. The summed E-state index contributed by atoms with van der Waals surface area (Å²) in [4.78, 5) is 0.287. The fourth-order valence-electron chi connectivity index (χ4n) is 1.80. The van der Waals surface area contributed by atoms with Crippen LogP contribution in [0.4, 0.5) is 0 Å². The fraction of sp³-hybridized carbons (Fsp3) is 0.400. The van der Waals surface area contributed by atoms with Gasteiger partial charge in [0.1, 0.15) is 0 Å². The topological polar surface area (TPSA) is 63.4 Å². The van der Waals surface area contributed by atoms with Crippen molar-refractivity contribution in [1.29, 1.82) is 0 Å². The van der Waals surface area contributed by atoms with E-state index in [1.54, 1.807) is 18.2 Å². The van der Waals surface area contributed by atoms with Gasteiger partial charge < -0.3 is 5.73 Å². The zero-order valence-electron chi connectivity index (χ0n) is 9.34. The average Bonchev–Trinajstić information content (AvgIpc) is 2.64. The number of rotatable bonds is 2. The van der Waals surface area contributed by atoms with Crippen LogP contribution in [0.3, 0.4) is 0 Å². The second kappa shape index (κ2) is 6.19. The van der Waals surface area contributed by atoms with Crippen LogP contribution in [0.1, 0.15) is 6.42 Å². The van der Waals surface area contributed by atoms with Gasteiger partial charge in [0.25, 0.3) is 0 Å². The largest absolute Gasteiger partial charge is 0.326 e. The van der Waals surface area contributed by atoms with E-state index in [2.05, 4.69) is 31.9 Å². The Morgan fingerprint density at radius 1 is 1.33 bits per heavy atom. The Morgan fingerprint density at radius 2 is 2.00 bits per heavy atom. The highest BCUT2D eigenvalue weighted by Crippen LogP contribution is 2.29. The van der Waals surface area contributed by atoms with Crippen molar-refractivity contribution in [3.05, 3.63) is 27.1 Å². The fourth-order valence-corrected chi connectivity index (χ4v) is 5.01. The highest BCUT2D eigenvalue weighted by Gasteiger charge is 2.32. The summed E-state index contributed by atoms with van der Waals surface area (Å²) in [6, 6.07) is 4.98. The predicted molar refractivity (Wildman–Crippen MR) is 80.4 cm³/mol. The molecule has 0 radical (unpaired) electrons. The van der Waals surface area contributed by atoms with E-state index < -0.39 is 10.0 Å². The molecule has 0 aromatic heterocycles. The molecule has 1 atom stereocenters. The molecule has 1 aliphatic rings. The van der Waals surface area contributed by atoms with E-state index in [1.807, 2.05) is 0 Å². The maximum atomic E-state index is 12.3. The third-order valence-corrected chi connectivity index (χ3v) is 6.03. The van der Waals surface area contributed by atoms with E-state index in [1.165, 1.54) is 4.31 Å². The SMILES string of the molecule is Cl.N[C@@H]1CCN(S(=O)(=O)c2ccc(Br)cc2Br)C1. The first-order valence-corrected chi connectivity index (χ1v) is 8.14. The van der Waals surface area contributed by atoms with Gasteiger partial charge in [0.05, 0.1) is 4.90 Å². The van der Waals surface area contributed by atoms with Gasteiger partial charge in [-0.2, -0.15) is 4.31 Å². The molecule has 0 spiro atoms. The van der Waals surface area contributed by atoms with Gasteiger partial charge in [-0.05, 0) is 40.5 Å². The lowest BCUT2D eigenvalue weighted by molar-refractivity contribution is 0.472. The standard InChI is InChI=1S/C10H12Br2N2O2S.ClH/c11-7-1-2-10(9(12)5-7)17(15,16)14-4-3-8(13)6-14;/h1-2,5,8H,3-4,6,13H2;1H/t8-;/m1./s1. The number of nitrogens with two attached hydrogens (primary N) is 1. The van der Waals surface area contributed by atoms with Crippen LogP contribution in [0.5, 0.6) is 0 Å². The van der Waals surface area contributed by atoms with Crippen LogP contribution in [-0.2, 0) is 10.0 Å². The monoisotopic (exact) mass is 418 g/mol. The van der Waals surface area contributed by atoms with Gasteiger partial charge >= 0.3 is 0 Å². The maximum absolute atomic E-state index is 12.3. The van der Waals surface area contributed by atoms with Crippen LogP contribution in [0.15, 0.2) is 32.0 Å². The zero-order chi connectivity index (χ0) is 12.6. The summed E-state index contributed by atoms with van der Waals surface area (Å²) in [6.45, 7) is 0.886. The van der Waals surface area contributed by atoms with Crippen LogP contribution in [0.25, 0.3) is 0 Å². The van der Waals surface area contributed by atoms with E-state index in [9.17, 15) is 8.42 Å². The molecule has 2 N–H and O–H groups in total. The van der Waals surface area contributed by atoms with Crippen molar-refractivity contribution in [3.63, 3.8) is 0 Å². The highest BCUT2D eigenvalue weighted by atomic mass is 79.9. The number of benzene rings is 1. The van der Waals surface area contributed by atoms with E-state index in [0.717, 1.165) is 4.47 Å². The molecule has 102 valence electrons. The van der Waals surface area contributed by atoms with Crippen molar-refractivity contribution in [2.24, 2.45) is 5.73 Å². The summed E-state index contributed by atoms with van der Waals surface area (Å²) in [6.07, 6.45) is 0.716. The molecule has 1 heterocycles. The molecule has 1 fully saturated rings. The molecule has 4 nitrogen and oxygen atoms in total. The molecule has 2 rings (SSSR count). The Hall–Kier alpha value is 0.340. The molecule has 0 amide bonds. The zero-order valence-corrected chi connectivity index (χ0v) is 14.1. The van der Waals surface area contributed by atoms with Gasteiger partial charge in [-0.15, -0.1) is 12.4 Å². The Morgan fingerprint density at radius 3 is 2.50 bits per heavy atom. The van der Waals surface area contributed by atoms with Crippen LogP contribution < -0.4 is 5.73 Å². The number of hydrogen-bond donors (Lipinski definition) is 1. The minimum Gasteiger partial charge on any atom is -0.326 e. The minimum atomic E-state index is -3.43. The van der Waals surface area contributed by atoms with Gasteiger partial charge in [0.2, 0.25) is 10.0 Å². The molecule has 1 aromatic carbocycles. The van der Waals surface area contributed by atoms with Crippen LogP contribution in [0, 0.1) is 0 Å². The summed E-state index contributed by atoms with van der Waals surface area (Å²) < 4.78 is 27.5. The molecule has 1 aliphatic heterocycles. The van der Waals surface area contributed by atoms with Crippen molar-refractivity contribution in [2.45, 2.75) is 17.4 Å². The third-order valence-electron chi connectivity index (χ3n) is 2.70. The minimum absolute atomic E-state index is 0. The summed E-state index contributed by atoms with van der Waals surface area (Å²) >= 11 is 6.58. The van der Waals surface area contributed by atoms with Crippen molar-refractivity contribution < 1.29 is 8.42 Å². The number of hydrogen-bond acceptors (Lipinski definition) is 3. The lowest BCUT2D eigenvalue weighted by Gasteiger charge is -2.17. The van der Waals surface area contributed by atoms with Gasteiger partial charge in [0.15, 0.2) is 0 Å². The van der Waals surface area contributed by atoms with Crippen molar-refractivity contribution in [1.82, 2.24) is 4.31 Å². The summed E-state index contributed by atoms with van der Waals surface area (Å²) in [5, 5.41) is 0. The molecular weight excluding hydrogens is 407 g/mol. The Kier molecular flexibility index (Phi) is 5.64. The van der Waals surface area contributed by atoms with E-state index in [-0.39, 0.29) is 23.3 Å². The van der Waals surface area contributed by atoms with Crippen molar-refractivity contribution in [2.75, 3.05) is 13.1 Å². The van der Waals surface area contributed by atoms with Gasteiger partial charge in [-0.1, -0.05) is 15.9 Å². The number of halogens is 3. The molecule has 1 aromatic rings. The summed E-state index contributed by atoms with van der Waals surface area (Å²) in [5.41, 5.74) is 5.74. The first kappa shape index (κ1) is 16.4. The summed E-state index contributed by atoms with van der Waals surface area (Å²) in [5.74, 6) is 0. The van der Waals surface area contributed by atoms with Crippen LogP contribution in [-0.4, -0.2) is 31.9 Å². The molecule has 18 heavy (non-hydrogen) atoms. The Balaban J connectivity index is 0.00000162. The van der Waals surface area contributed by atoms with E-state index in [0.29, 0.717) is 24.0 Å². The molecule has 0 aliphatic carbocycles. The van der Waals surface area contributed by atoms with Gasteiger partial charge in [0, 0.05) is 28.1 Å². The van der Waals surface area contributed by atoms with Gasteiger partial charge in [-0.25, -0.2) is 8.42 Å². The average molecular weight is 421 g/mol. The second-order valence-electron chi connectivity index (χ2n) is 3.99. The molecule has 8 heteroatoms. The second-order valence-corrected chi connectivity index (χ2v) is 7.66. The lowest BCUT2D eigenvalue weighted by atomic mass is 10.3. The maximum Gasteiger partial charge on any atom is 0.244 e. The van der Waals surface area contributed by atoms with E-state index >= 15 is 0 Å². The molecule has 1 saturated heterocycles. The first-order chi connectivity index (χ1) is 7.91. The summed E-state index contributed by atoms with van der Waals surface area (Å²) in [7, 11) is -3.43. The first-order valence-electron chi connectivity index (χ1n) is 5.12. The Bertz CT molecular complexity index is 539. The normalized spacial score (nSPS) is 20.7.